The molecular formula is C10H4F3N3O2S. The summed E-state index contributed by atoms with van der Waals surface area (Å²) in [6, 6.07) is 2.32. The molecule has 0 aliphatic carbocycles. The lowest BCUT2D eigenvalue weighted by Crippen LogP contribution is -2.29. The van der Waals surface area contributed by atoms with Gasteiger partial charge in [-0.3, -0.25) is 14.3 Å². The van der Waals surface area contributed by atoms with Crippen LogP contribution in [0, 0.1) is 11.3 Å². The Labute approximate surface area is 107 Å². The van der Waals surface area contributed by atoms with E-state index in [0.717, 1.165) is 22.2 Å². The maximum atomic E-state index is 12.4. The van der Waals surface area contributed by atoms with Crippen LogP contribution in [0.4, 0.5) is 13.2 Å². The maximum Gasteiger partial charge on any atom is 0.417 e. The zero-order valence-corrected chi connectivity index (χ0v) is 9.80. The van der Waals surface area contributed by atoms with E-state index in [1.165, 1.54) is 0 Å². The first kappa shape index (κ1) is 13.1. The Hall–Kier alpha value is -2.34. The zero-order chi connectivity index (χ0) is 14.2. The standard InChI is InChI=1S/C10H4F3N3O2S/c11-10(12,13)6-1-7(19-4-6)16-3-5(2-14)8(17)15-9(16)18/h1,3-4H,(H,15,17,18). The van der Waals surface area contributed by atoms with Gasteiger partial charge in [0, 0.05) is 11.6 Å². The van der Waals surface area contributed by atoms with Crippen molar-refractivity contribution in [3.8, 4) is 11.1 Å². The fourth-order valence-electron chi connectivity index (χ4n) is 1.31. The summed E-state index contributed by atoms with van der Waals surface area (Å²) in [5, 5.41) is 9.46. The molecule has 0 amide bonds. The largest absolute Gasteiger partial charge is 0.417 e. The van der Waals surface area contributed by atoms with Crippen molar-refractivity contribution in [3.63, 3.8) is 0 Å². The summed E-state index contributed by atoms with van der Waals surface area (Å²) in [6.07, 6.45) is -3.61. The summed E-state index contributed by atoms with van der Waals surface area (Å²) in [7, 11) is 0. The molecule has 0 aliphatic rings. The number of hydrogen-bond acceptors (Lipinski definition) is 4. The second-order valence-corrected chi connectivity index (χ2v) is 4.34. The average Bonchev–Trinajstić information content (AvgIpc) is 2.78. The molecule has 0 atom stereocenters. The third kappa shape index (κ3) is 2.43. The number of aromatic amines is 1. The third-order valence-corrected chi connectivity index (χ3v) is 3.14. The number of nitriles is 1. The van der Waals surface area contributed by atoms with Crippen LogP contribution < -0.4 is 11.2 Å². The van der Waals surface area contributed by atoms with E-state index < -0.39 is 23.0 Å². The second-order valence-electron chi connectivity index (χ2n) is 3.46. The van der Waals surface area contributed by atoms with Crippen LogP contribution in [-0.2, 0) is 6.18 Å². The molecule has 19 heavy (non-hydrogen) atoms. The highest BCUT2D eigenvalue weighted by atomic mass is 32.1. The summed E-state index contributed by atoms with van der Waals surface area (Å²) in [6.45, 7) is 0. The van der Waals surface area contributed by atoms with E-state index in [1.807, 2.05) is 4.98 Å². The molecule has 0 spiro atoms. The SMILES string of the molecule is N#Cc1cn(-c2cc(C(F)(F)F)cs2)c(=O)[nH]c1=O. The normalized spacial score (nSPS) is 11.3. The number of nitrogens with one attached hydrogen (secondary N) is 1. The number of thiophene rings is 1. The van der Waals surface area contributed by atoms with Gasteiger partial charge in [-0.1, -0.05) is 0 Å². The highest BCUT2D eigenvalue weighted by Crippen LogP contribution is 2.33. The smallest absolute Gasteiger partial charge is 0.273 e. The Morgan fingerprint density at radius 3 is 2.58 bits per heavy atom. The molecule has 0 radical (unpaired) electrons. The first-order valence-electron chi connectivity index (χ1n) is 4.75. The number of rotatable bonds is 1. The molecule has 2 aromatic heterocycles. The van der Waals surface area contributed by atoms with Crippen LogP contribution in [0.3, 0.4) is 0 Å². The number of nitrogens with zero attached hydrogens (tertiary/aromatic N) is 2. The van der Waals surface area contributed by atoms with Gasteiger partial charge in [-0.15, -0.1) is 11.3 Å². The minimum atomic E-state index is -4.52. The van der Waals surface area contributed by atoms with Gasteiger partial charge in [-0.25, -0.2) is 4.79 Å². The molecule has 0 aliphatic heterocycles. The lowest BCUT2D eigenvalue weighted by Gasteiger charge is -2.02. The van der Waals surface area contributed by atoms with Crippen LogP contribution >= 0.6 is 11.3 Å². The lowest BCUT2D eigenvalue weighted by atomic mass is 10.3. The summed E-state index contributed by atoms with van der Waals surface area (Å²) in [5.74, 6) is 0. The van der Waals surface area contributed by atoms with Crippen LogP contribution in [0.2, 0.25) is 0 Å². The van der Waals surface area contributed by atoms with Gasteiger partial charge < -0.3 is 0 Å². The van der Waals surface area contributed by atoms with Crippen molar-refractivity contribution in [1.82, 2.24) is 9.55 Å². The first-order chi connectivity index (χ1) is 8.82. The van der Waals surface area contributed by atoms with Gasteiger partial charge in [-0.2, -0.15) is 18.4 Å². The van der Waals surface area contributed by atoms with E-state index >= 15 is 0 Å². The number of H-pyrrole nitrogens is 1. The molecule has 9 heteroatoms. The van der Waals surface area contributed by atoms with E-state index in [0.29, 0.717) is 11.3 Å². The van der Waals surface area contributed by atoms with Crippen molar-refractivity contribution in [3.05, 3.63) is 49.6 Å². The summed E-state index contributed by atoms with van der Waals surface area (Å²) < 4.78 is 38.1. The number of aromatic nitrogens is 2. The highest BCUT2D eigenvalue weighted by molar-refractivity contribution is 7.12. The summed E-state index contributed by atoms with van der Waals surface area (Å²) in [5.41, 5.74) is -3.04. The monoisotopic (exact) mass is 287 g/mol. The Bertz CT molecular complexity index is 779. The molecular weight excluding hydrogens is 283 g/mol. The third-order valence-electron chi connectivity index (χ3n) is 2.21. The van der Waals surface area contributed by atoms with Gasteiger partial charge in [0.2, 0.25) is 0 Å². The molecule has 0 aromatic carbocycles. The van der Waals surface area contributed by atoms with Gasteiger partial charge in [0.05, 0.1) is 5.56 Å². The van der Waals surface area contributed by atoms with Crippen LogP contribution in [0.5, 0.6) is 0 Å². The summed E-state index contributed by atoms with van der Waals surface area (Å²) >= 11 is 0.680. The van der Waals surface area contributed by atoms with E-state index in [9.17, 15) is 22.8 Å². The number of hydrogen-bond donors (Lipinski definition) is 1. The average molecular weight is 287 g/mol. The molecule has 0 saturated carbocycles. The Morgan fingerprint density at radius 1 is 1.37 bits per heavy atom. The molecule has 2 heterocycles. The Kier molecular flexibility index (Phi) is 3.03. The van der Waals surface area contributed by atoms with Gasteiger partial charge in [0.25, 0.3) is 5.56 Å². The molecule has 5 nitrogen and oxygen atoms in total. The van der Waals surface area contributed by atoms with Gasteiger partial charge in [0.1, 0.15) is 16.6 Å². The molecule has 0 bridgehead atoms. The van der Waals surface area contributed by atoms with Gasteiger partial charge in [-0.05, 0) is 6.07 Å². The fourth-order valence-corrected chi connectivity index (χ4v) is 2.21. The van der Waals surface area contributed by atoms with Crippen molar-refractivity contribution in [1.29, 1.82) is 5.26 Å². The number of alkyl halides is 3. The van der Waals surface area contributed by atoms with Crippen molar-refractivity contribution in [2.45, 2.75) is 6.18 Å². The van der Waals surface area contributed by atoms with Crippen LogP contribution in [0.25, 0.3) is 5.00 Å². The predicted octanol–water partition coefficient (Wildman–Crippen LogP) is 1.48. The number of halogens is 3. The van der Waals surface area contributed by atoms with Crippen LogP contribution in [0.15, 0.2) is 27.2 Å². The first-order valence-corrected chi connectivity index (χ1v) is 5.63. The molecule has 0 saturated heterocycles. The second kappa shape index (κ2) is 4.40. The van der Waals surface area contributed by atoms with Crippen molar-refractivity contribution in [2.75, 3.05) is 0 Å². The van der Waals surface area contributed by atoms with E-state index in [2.05, 4.69) is 0 Å². The van der Waals surface area contributed by atoms with E-state index in [1.54, 1.807) is 6.07 Å². The Morgan fingerprint density at radius 2 is 2.05 bits per heavy atom. The molecule has 1 N–H and O–H groups in total. The molecule has 0 fully saturated rings. The van der Waals surface area contributed by atoms with Gasteiger partial charge >= 0.3 is 11.9 Å². The van der Waals surface area contributed by atoms with Crippen LogP contribution in [-0.4, -0.2) is 9.55 Å². The quantitative estimate of drug-likeness (QED) is 0.862. The van der Waals surface area contributed by atoms with E-state index in [-0.39, 0.29) is 10.6 Å². The van der Waals surface area contributed by atoms with Crippen molar-refractivity contribution >= 4 is 11.3 Å². The maximum absolute atomic E-state index is 12.4. The predicted molar refractivity (Wildman–Crippen MR) is 60.3 cm³/mol. The highest BCUT2D eigenvalue weighted by Gasteiger charge is 2.32. The summed E-state index contributed by atoms with van der Waals surface area (Å²) in [4.78, 5) is 24.5. The molecule has 2 rings (SSSR count). The van der Waals surface area contributed by atoms with Crippen LogP contribution in [0.1, 0.15) is 11.1 Å². The van der Waals surface area contributed by atoms with Crippen molar-refractivity contribution in [2.24, 2.45) is 0 Å². The van der Waals surface area contributed by atoms with Crippen molar-refractivity contribution < 1.29 is 13.2 Å². The topological polar surface area (TPSA) is 78.7 Å². The van der Waals surface area contributed by atoms with E-state index in [4.69, 9.17) is 5.26 Å². The minimum Gasteiger partial charge on any atom is -0.273 e. The zero-order valence-electron chi connectivity index (χ0n) is 8.99. The fraction of sp³-hybridized carbons (Fsp3) is 0.100. The molecule has 0 unspecified atom stereocenters. The minimum absolute atomic E-state index is 0.0370. The molecule has 2 aromatic rings. The Balaban J connectivity index is 2.61. The molecule has 98 valence electrons. The lowest BCUT2D eigenvalue weighted by molar-refractivity contribution is -0.137. The van der Waals surface area contributed by atoms with Gasteiger partial charge in [0.15, 0.2) is 0 Å².